The molecule has 9 heteroatoms. The number of nitro groups is 1. The zero-order valence-electron chi connectivity index (χ0n) is 20.1. The summed E-state index contributed by atoms with van der Waals surface area (Å²) in [6, 6.07) is 17.0. The van der Waals surface area contributed by atoms with Gasteiger partial charge in [-0.3, -0.25) is 14.9 Å². The number of non-ortho nitro benzene ring substituents is 1. The summed E-state index contributed by atoms with van der Waals surface area (Å²) < 4.78 is 25.7. The highest BCUT2D eigenvalue weighted by molar-refractivity contribution is 6.09. The van der Waals surface area contributed by atoms with E-state index in [1.54, 1.807) is 43.3 Å². The predicted octanol–water partition coefficient (Wildman–Crippen LogP) is 5.99. The number of anilines is 1. The van der Waals surface area contributed by atoms with Crippen molar-refractivity contribution in [2.75, 3.05) is 11.9 Å². The molecule has 0 aliphatic carbocycles. The van der Waals surface area contributed by atoms with Crippen LogP contribution in [-0.2, 0) is 17.8 Å². The van der Waals surface area contributed by atoms with Crippen molar-refractivity contribution < 1.29 is 23.6 Å². The molecule has 0 heterocycles. The van der Waals surface area contributed by atoms with Gasteiger partial charge in [-0.1, -0.05) is 30.3 Å². The number of rotatable bonds is 11. The zero-order valence-corrected chi connectivity index (χ0v) is 20.1. The maximum Gasteiger partial charge on any atom is 0.269 e. The van der Waals surface area contributed by atoms with Crippen LogP contribution in [0.2, 0.25) is 0 Å². The van der Waals surface area contributed by atoms with Gasteiger partial charge < -0.3 is 14.8 Å². The molecule has 3 aromatic carbocycles. The zero-order chi connectivity index (χ0) is 26.8. The number of ether oxygens (including phenoxy) is 2. The van der Waals surface area contributed by atoms with Gasteiger partial charge >= 0.3 is 0 Å². The summed E-state index contributed by atoms with van der Waals surface area (Å²) in [4.78, 5) is 23.2. The van der Waals surface area contributed by atoms with E-state index in [1.807, 2.05) is 6.07 Å². The highest BCUT2D eigenvalue weighted by atomic mass is 19.1. The number of halogens is 1. The van der Waals surface area contributed by atoms with E-state index in [9.17, 15) is 24.6 Å². The third-order valence-electron chi connectivity index (χ3n) is 5.12. The summed E-state index contributed by atoms with van der Waals surface area (Å²) in [5, 5.41) is 23.1. The van der Waals surface area contributed by atoms with E-state index in [1.165, 1.54) is 36.4 Å². The molecule has 37 heavy (non-hydrogen) atoms. The van der Waals surface area contributed by atoms with Crippen LogP contribution in [0.4, 0.5) is 15.8 Å². The van der Waals surface area contributed by atoms with Crippen LogP contribution in [0.1, 0.15) is 23.6 Å². The third-order valence-corrected chi connectivity index (χ3v) is 5.12. The molecule has 0 aromatic heterocycles. The number of nitriles is 1. The molecule has 0 fully saturated rings. The number of amides is 1. The molecule has 0 radical (unpaired) electrons. The smallest absolute Gasteiger partial charge is 0.269 e. The van der Waals surface area contributed by atoms with E-state index < -0.39 is 16.6 Å². The van der Waals surface area contributed by atoms with Gasteiger partial charge in [-0.2, -0.15) is 5.26 Å². The third kappa shape index (κ3) is 7.02. The molecule has 0 aliphatic heterocycles. The number of nitro benzene ring substituents is 1. The van der Waals surface area contributed by atoms with Crippen molar-refractivity contribution in [2.45, 2.75) is 20.0 Å². The number of carbonyl (C=O) groups is 1. The van der Waals surface area contributed by atoms with E-state index >= 15 is 0 Å². The fourth-order valence-corrected chi connectivity index (χ4v) is 3.48. The van der Waals surface area contributed by atoms with Gasteiger partial charge in [0, 0.05) is 17.7 Å². The molecule has 0 atom stereocenters. The Balaban J connectivity index is 1.94. The Bertz CT molecular complexity index is 1390. The number of allylic oxidation sites excluding steroid dienone is 1. The first-order chi connectivity index (χ1) is 17.9. The molecule has 8 nitrogen and oxygen atoms in total. The lowest BCUT2D eigenvalue weighted by Gasteiger charge is -2.17. The lowest BCUT2D eigenvalue weighted by molar-refractivity contribution is -0.384. The number of carbonyl (C=O) groups excluding carboxylic acids is 1. The highest BCUT2D eigenvalue weighted by Gasteiger charge is 2.17. The minimum Gasteiger partial charge on any atom is -0.490 e. The summed E-state index contributed by atoms with van der Waals surface area (Å²) in [6.07, 6.45) is 3.42. The lowest BCUT2D eigenvalue weighted by Crippen LogP contribution is -2.14. The number of benzene rings is 3. The van der Waals surface area contributed by atoms with Crippen molar-refractivity contribution in [3.63, 3.8) is 0 Å². The van der Waals surface area contributed by atoms with Gasteiger partial charge in [0.15, 0.2) is 11.5 Å². The second kappa shape index (κ2) is 12.7. The second-order valence-corrected chi connectivity index (χ2v) is 7.75. The first-order valence-corrected chi connectivity index (χ1v) is 11.3. The summed E-state index contributed by atoms with van der Waals surface area (Å²) >= 11 is 0. The van der Waals surface area contributed by atoms with Gasteiger partial charge in [-0.25, -0.2) is 4.39 Å². The summed E-state index contributed by atoms with van der Waals surface area (Å²) in [5.41, 5.74) is 1.44. The van der Waals surface area contributed by atoms with Gasteiger partial charge in [-0.15, -0.1) is 6.58 Å². The molecule has 0 spiro atoms. The molecule has 1 amide bonds. The molecule has 0 aliphatic rings. The molecular weight excluding hydrogens is 477 g/mol. The van der Waals surface area contributed by atoms with Crippen molar-refractivity contribution in [1.29, 1.82) is 5.26 Å². The van der Waals surface area contributed by atoms with Gasteiger partial charge in [-0.05, 0) is 54.8 Å². The Labute approximate surface area is 213 Å². The van der Waals surface area contributed by atoms with E-state index in [0.29, 0.717) is 41.2 Å². The average molecular weight is 502 g/mol. The van der Waals surface area contributed by atoms with Gasteiger partial charge in [0.25, 0.3) is 11.6 Å². The molecular formula is C28H24FN3O5. The predicted molar refractivity (Wildman–Crippen MR) is 138 cm³/mol. The van der Waals surface area contributed by atoms with E-state index in [2.05, 4.69) is 11.9 Å². The molecule has 0 unspecified atom stereocenters. The molecule has 0 saturated heterocycles. The average Bonchev–Trinajstić information content (AvgIpc) is 2.88. The molecule has 0 saturated carbocycles. The Morgan fingerprint density at radius 2 is 1.97 bits per heavy atom. The van der Waals surface area contributed by atoms with Crippen LogP contribution >= 0.6 is 0 Å². The quantitative estimate of drug-likeness (QED) is 0.114. The summed E-state index contributed by atoms with van der Waals surface area (Å²) in [7, 11) is 0. The minimum atomic E-state index is -0.762. The van der Waals surface area contributed by atoms with Crippen molar-refractivity contribution >= 4 is 23.4 Å². The van der Waals surface area contributed by atoms with Crippen molar-refractivity contribution in [3.05, 3.63) is 112 Å². The van der Waals surface area contributed by atoms with Gasteiger partial charge in [0.05, 0.1) is 17.2 Å². The van der Waals surface area contributed by atoms with Crippen LogP contribution in [0.25, 0.3) is 6.08 Å². The molecule has 1 N–H and O–H groups in total. The van der Waals surface area contributed by atoms with Gasteiger partial charge in [0.1, 0.15) is 24.1 Å². The Hall–Kier alpha value is -4.97. The molecule has 188 valence electrons. The lowest BCUT2D eigenvalue weighted by atomic mass is 10.0. The fourth-order valence-electron chi connectivity index (χ4n) is 3.48. The summed E-state index contributed by atoms with van der Waals surface area (Å²) in [6.45, 7) is 5.93. The highest BCUT2D eigenvalue weighted by Crippen LogP contribution is 2.35. The number of para-hydroxylation sites is 1. The maximum absolute atomic E-state index is 13.9. The first-order valence-electron chi connectivity index (χ1n) is 11.3. The van der Waals surface area contributed by atoms with Crippen LogP contribution in [0, 0.1) is 27.3 Å². The van der Waals surface area contributed by atoms with Crippen molar-refractivity contribution in [3.8, 4) is 17.6 Å². The topological polar surface area (TPSA) is 114 Å². The fraction of sp³-hybridized carbons (Fsp3) is 0.143. The van der Waals surface area contributed by atoms with E-state index in [4.69, 9.17) is 9.47 Å². The van der Waals surface area contributed by atoms with Crippen LogP contribution in [-0.4, -0.2) is 17.4 Å². The Morgan fingerprint density at radius 3 is 2.65 bits per heavy atom. The van der Waals surface area contributed by atoms with E-state index in [-0.39, 0.29) is 23.6 Å². The van der Waals surface area contributed by atoms with Crippen LogP contribution < -0.4 is 14.8 Å². The SMILES string of the molecule is C=CCc1cc(/C=C(/C#N)C(=O)Nc2ccccc2F)cc(OCC)c1OCc1cccc([N+](=O)[O-])c1. The normalized spacial score (nSPS) is 10.8. The summed E-state index contributed by atoms with van der Waals surface area (Å²) in [5.74, 6) is -0.600. The number of hydrogen-bond donors (Lipinski definition) is 1. The Morgan fingerprint density at radius 1 is 1.19 bits per heavy atom. The monoisotopic (exact) mass is 501 g/mol. The van der Waals surface area contributed by atoms with Crippen LogP contribution in [0.3, 0.4) is 0 Å². The van der Waals surface area contributed by atoms with Crippen LogP contribution in [0.15, 0.2) is 78.9 Å². The standard InChI is InChI=1S/C28H24FN3O5/c1-3-8-21-13-20(14-22(17-30)28(33)31-25-12-6-5-11-24(25)29)16-26(36-4-2)27(21)37-18-19-9-7-10-23(15-19)32(34)35/h3,5-7,9-16H,1,4,8,18H2,2H3,(H,31,33)/b22-14-. The van der Waals surface area contributed by atoms with E-state index in [0.717, 1.165) is 0 Å². The van der Waals surface area contributed by atoms with Crippen molar-refractivity contribution in [1.82, 2.24) is 0 Å². The minimum absolute atomic E-state index is 0.0408. The maximum atomic E-state index is 13.9. The molecule has 3 aromatic rings. The Kier molecular flexibility index (Phi) is 9.11. The second-order valence-electron chi connectivity index (χ2n) is 7.75. The van der Waals surface area contributed by atoms with Crippen LogP contribution in [0.5, 0.6) is 11.5 Å². The first kappa shape index (κ1) is 26.6. The number of nitrogens with one attached hydrogen (secondary N) is 1. The molecule has 3 rings (SSSR count). The van der Waals surface area contributed by atoms with Crippen molar-refractivity contribution in [2.24, 2.45) is 0 Å². The molecule has 0 bridgehead atoms. The number of nitrogens with zero attached hydrogens (tertiary/aromatic N) is 2. The number of hydrogen-bond acceptors (Lipinski definition) is 6. The largest absolute Gasteiger partial charge is 0.490 e. The van der Waals surface area contributed by atoms with Gasteiger partial charge in [0.2, 0.25) is 0 Å².